The molecule has 1 aromatic carbocycles. The fourth-order valence-electron chi connectivity index (χ4n) is 2.90. The molecule has 7 nitrogen and oxygen atoms in total. The maximum atomic E-state index is 10.5. The zero-order valence-corrected chi connectivity index (χ0v) is 14.3. The highest BCUT2D eigenvalue weighted by molar-refractivity contribution is 5.85. The van der Waals surface area contributed by atoms with Gasteiger partial charge in [-0.1, -0.05) is 12.1 Å². The second-order valence-corrected chi connectivity index (χ2v) is 6.33. The Balaban J connectivity index is 1.60. The fourth-order valence-corrected chi connectivity index (χ4v) is 2.90. The molecule has 136 valence electrons. The number of nitrogens with one attached hydrogen (secondary N) is 2. The topological polar surface area (TPSA) is 107 Å². The molecule has 0 bridgehead atoms. The van der Waals surface area contributed by atoms with Gasteiger partial charge in [0.2, 0.25) is 5.95 Å². The van der Waals surface area contributed by atoms with Crippen molar-refractivity contribution in [2.45, 2.75) is 37.8 Å². The highest BCUT2D eigenvalue weighted by Crippen LogP contribution is 2.22. The van der Waals surface area contributed by atoms with E-state index < -0.39 is 5.97 Å². The number of aliphatic carboxylic acids is 1. The lowest BCUT2D eigenvalue weighted by Gasteiger charge is -2.26. The van der Waals surface area contributed by atoms with Crippen molar-refractivity contribution in [3.8, 4) is 0 Å². The molecule has 1 heterocycles. The predicted octanol–water partition coefficient (Wildman–Crippen LogP) is 3.03. The molecular weight excluding hydrogens is 332 g/mol. The van der Waals surface area contributed by atoms with E-state index in [1.54, 1.807) is 6.20 Å². The van der Waals surface area contributed by atoms with Gasteiger partial charge in [-0.2, -0.15) is 4.98 Å². The second-order valence-electron chi connectivity index (χ2n) is 6.33. The smallest absolute Gasteiger partial charge is 0.328 e. The summed E-state index contributed by atoms with van der Waals surface area (Å²) in [4.78, 5) is 19.2. The number of rotatable bonds is 6. The third kappa shape index (κ3) is 5.29. The maximum Gasteiger partial charge on any atom is 0.328 e. The Morgan fingerprint density at radius 2 is 1.85 bits per heavy atom. The molecule has 0 radical (unpaired) electrons. The third-order valence-corrected chi connectivity index (χ3v) is 4.29. The van der Waals surface area contributed by atoms with Gasteiger partial charge in [0.15, 0.2) is 0 Å². The van der Waals surface area contributed by atoms with E-state index in [9.17, 15) is 9.90 Å². The van der Waals surface area contributed by atoms with Crippen LogP contribution in [0.25, 0.3) is 6.08 Å². The van der Waals surface area contributed by atoms with Crippen LogP contribution in [0.3, 0.4) is 0 Å². The molecule has 0 spiro atoms. The minimum atomic E-state index is -0.975. The van der Waals surface area contributed by atoms with Crippen LogP contribution < -0.4 is 10.6 Å². The highest BCUT2D eigenvalue weighted by atomic mass is 16.4. The van der Waals surface area contributed by atoms with Crippen LogP contribution in [0, 0.1) is 0 Å². The van der Waals surface area contributed by atoms with Crippen molar-refractivity contribution in [2.75, 3.05) is 10.6 Å². The van der Waals surface area contributed by atoms with Gasteiger partial charge in [-0.25, -0.2) is 9.78 Å². The summed E-state index contributed by atoms with van der Waals surface area (Å²) >= 11 is 0. The molecule has 0 unspecified atom stereocenters. The number of nitrogens with zero attached hydrogens (tertiary/aromatic N) is 2. The Morgan fingerprint density at radius 1 is 1.12 bits per heavy atom. The number of aromatic nitrogens is 2. The van der Waals surface area contributed by atoms with Crippen LogP contribution in [0.5, 0.6) is 0 Å². The fraction of sp³-hybridized carbons (Fsp3) is 0.316. The SMILES string of the molecule is O=C(O)/C=C/c1ccc(Nc2nccc(NC3CCC(O)CC3)n2)cc1. The maximum absolute atomic E-state index is 10.5. The van der Waals surface area contributed by atoms with Gasteiger partial charge in [0.25, 0.3) is 0 Å². The number of carboxylic acids is 1. The van der Waals surface area contributed by atoms with Gasteiger partial charge in [0, 0.05) is 24.0 Å². The second kappa shape index (κ2) is 8.44. The molecule has 0 aliphatic heterocycles. The molecule has 1 aliphatic rings. The van der Waals surface area contributed by atoms with E-state index in [4.69, 9.17) is 5.11 Å². The lowest BCUT2D eigenvalue weighted by Crippen LogP contribution is -2.28. The lowest BCUT2D eigenvalue weighted by atomic mass is 9.93. The molecule has 2 aromatic rings. The van der Waals surface area contributed by atoms with Gasteiger partial charge in [-0.15, -0.1) is 0 Å². The first kappa shape index (κ1) is 17.9. The van der Waals surface area contributed by atoms with Gasteiger partial charge < -0.3 is 20.8 Å². The zero-order chi connectivity index (χ0) is 18.4. The van der Waals surface area contributed by atoms with E-state index >= 15 is 0 Å². The molecule has 0 saturated heterocycles. The van der Waals surface area contributed by atoms with E-state index in [0.29, 0.717) is 12.0 Å². The molecular formula is C19H22N4O3. The minimum absolute atomic E-state index is 0.177. The van der Waals surface area contributed by atoms with Crippen LogP contribution in [-0.4, -0.2) is 38.3 Å². The molecule has 26 heavy (non-hydrogen) atoms. The average molecular weight is 354 g/mol. The van der Waals surface area contributed by atoms with Gasteiger partial charge in [-0.3, -0.25) is 0 Å². The van der Waals surface area contributed by atoms with Crippen molar-refractivity contribution in [1.82, 2.24) is 9.97 Å². The van der Waals surface area contributed by atoms with E-state index in [1.807, 2.05) is 30.3 Å². The summed E-state index contributed by atoms with van der Waals surface area (Å²) in [5, 5.41) is 24.8. The molecule has 1 aromatic heterocycles. The normalized spacial score (nSPS) is 20.0. The molecule has 0 atom stereocenters. The van der Waals surface area contributed by atoms with Gasteiger partial charge in [-0.05, 0) is 55.5 Å². The number of anilines is 3. The lowest BCUT2D eigenvalue weighted by molar-refractivity contribution is -0.131. The zero-order valence-electron chi connectivity index (χ0n) is 14.3. The van der Waals surface area contributed by atoms with Gasteiger partial charge in [0.1, 0.15) is 5.82 Å². The number of aliphatic hydroxyl groups excluding tert-OH is 1. The molecule has 1 aliphatic carbocycles. The Bertz CT molecular complexity index is 769. The Hall–Kier alpha value is -2.93. The molecule has 3 rings (SSSR count). The van der Waals surface area contributed by atoms with Crippen LogP contribution in [0.2, 0.25) is 0 Å². The molecule has 0 amide bonds. The standard InChI is InChI=1S/C19H22N4O3/c24-16-8-6-14(7-9-16)21-17-11-12-20-19(23-17)22-15-4-1-13(2-5-15)3-10-18(25)26/h1-5,10-12,14,16,24H,6-9H2,(H,25,26)(H2,20,21,22,23)/b10-3+. The number of hydrogen-bond acceptors (Lipinski definition) is 6. The van der Waals surface area contributed by atoms with Crippen molar-refractivity contribution in [3.63, 3.8) is 0 Å². The first-order valence-electron chi connectivity index (χ1n) is 8.64. The van der Waals surface area contributed by atoms with Crippen molar-refractivity contribution in [3.05, 3.63) is 48.2 Å². The van der Waals surface area contributed by atoms with Crippen molar-refractivity contribution in [1.29, 1.82) is 0 Å². The number of carboxylic acid groups (broad SMARTS) is 1. The van der Waals surface area contributed by atoms with Crippen LogP contribution in [0.1, 0.15) is 31.2 Å². The third-order valence-electron chi connectivity index (χ3n) is 4.29. The van der Waals surface area contributed by atoms with Crippen LogP contribution >= 0.6 is 0 Å². The monoisotopic (exact) mass is 354 g/mol. The number of carbonyl (C=O) groups is 1. The molecule has 7 heteroatoms. The van der Waals surface area contributed by atoms with Crippen LogP contribution in [0.4, 0.5) is 17.5 Å². The van der Waals surface area contributed by atoms with Crippen molar-refractivity contribution >= 4 is 29.5 Å². The average Bonchev–Trinajstić information content (AvgIpc) is 2.63. The minimum Gasteiger partial charge on any atom is -0.478 e. The molecule has 4 N–H and O–H groups in total. The molecule has 1 saturated carbocycles. The van der Waals surface area contributed by atoms with Crippen LogP contribution in [-0.2, 0) is 4.79 Å². The first-order valence-corrected chi connectivity index (χ1v) is 8.64. The predicted molar refractivity (Wildman–Crippen MR) is 100 cm³/mol. The number of aliphatic hydroxyl groups is 1. The number of benzene rings is 1. The summed E-state index contributed by atoms with van der Waals surface area (Å²) in [6, 6.07) is 9.47. The van der Waals surface area contributed by atoms with E-state index in [-0.39, 0.29) is 6.10 Å². The number of hydrogen-bond donors (Lipinski definition) is 4. The quantitative estimate of drug-likeness (QED) is 0.591. The van der Waals surface area contributed by atoms with Crippen LogP contribution in [0.15, 0.2) is 42.6 Å². The van der Waals surface area contributed by atoms with Crippen molar-refractivity contribution in [2.24, 2.45) is 0 Å². The summed E-state index contributed by atoms with van der Waals surface area (Å²) in [5.74, 6) is 0.266. The molecule has 1 fully saturated rings. The first-order chi connectivity index (χ1) is 12.6. The van der Waals surface area contributed by atoms with Gasteiger partial charge >= 0.3 is 5.97 Å². The summed E-state index contributed by atoms with van der Waals surface area (Å²) in [6.07, 6.45) is 7.65. The van der Waals surface area contributed by atoms with E-state index in [2.05, 4.69) is 20.6 Å². The highest BCUT2D eigenvalue weighted by Gasteiger charge is 2.19. The van der Waals surface area contributed by atoms with E-state index in [1.165, 1.54) is 6.08 Å². The summed E-state index contributed by atoms with van der Waals surface area (Å²) in [5.41, 5.74) is 1.61. The summed E-state index contributed by atoms with van der Waals surface area (Å²) in [6.45, 7) is 0. The van der Waals surface area contributed by atoms with Gasteiger partial charge in [0.05, 0.1) is 6.10 Å². The Labute approximate surface area is 151 Å². The Morgan fingerprint density at radius 3 is 2.54 bits per heavy atom. The van der Waals surface area contributed by atoms with E-state index in [0.717, 1.165) is 48.8 Å². The summed E-state index contributed by atoms with van der Waals surface area (Å²) < 4.78 is 0. The summed E-state index contributed by atoms with van der Waals surface area (Å²) in [7, 11) is 0. The Kier molecular flexibility index (Phi) is 5.80. The van der Waals surface area contributed by atoms with Crippen molar-refractivity contribution < 1.29 is 15.0 Å². The largest absolute Gasteiger partial charge is 0.478 e.